The van der Waals surface area contributed by atoms with Gasteiger partial charge in [0.1, 0.15) is 19.3 Å². The number of likely N-dealkylation sites (N-methyl/N-ethyl adjacent to an activating group) is 1. The van der Waals surface area contributed by atoms with Gasteiger partial charge in [-0.1, -0.05) is 159 Å². The number of hydrogen-bond acceptors (Lipinski definition) is 6. The van der Waals surface area contributed by atoms with E-state index in [1.54, 1.807) is 0 Å². The first-order valence-electron chi connectivity index (χ1n) is 21.2. The van der Waals surface area contributed by atoms with Crippen LogP contribution < -0.4 is 0 Å². The Balaban J connectivity index is 3.44. The summed E-state index contributed by atoms with van der Waals surface area (Å²) < 4.78 is 16.2. The fourth-order valence-corrected chi connectivity index (χ4v) is 5.78. The van der Waals surface area contributed by atoms with Gasteiger partial charge in [0, 0.05) is 6.42 Å². The number of ether oxygens (including phenoxy) is 3. The molecule has 52 heavy (non-hydrogen) atoms. The Labute approximate surface area is 320 Å². The molecule has 0 spiro atoms. The van der Waals surface area contributed by atoms with Gasteiger partial charge < -0.3 is 28.9 Å². The molecule has 0 aliphatic rings. The molecule has 0 fully saturated rings. The van der Waals surface area contributed by atoms with E-state index in [2.05, 4.69) is 43.4 Å². The SMILES string of the molecule is CCCCCCC/C=C\C/C=C\C/C=C\CCCCCCCCCCCCCCCCCCC(=O)OCC(O)COC(OCC[N+](C)(C)C)C(=O)O. The first-order chi connectivity index (χ1) is 25.2. The average molecular weight is 737 g/mol. The molecule has 0 amide bonds. The zero-order valence-corrected chi connectivity index (χ0v) is 34.2. The fourth-order valence-electron chi connectivity index (χ4n) is 5.78. The zero-order chi connectivity index (χ0) is 38.4. The molecule has 2 N–H and O–H groups in total. The standard InChI is InChI=1S/C44H81NO7/c1-5-6-7-8-9-10-11-12-13-14-15-16-17-18-19-20-21-22-23-24-25-26-27-28-29-30-31-32-33-34-35-36-42(47)51-39-41(46)40-52-44(43(48)49)50-38-37-45(2,3)4/h11-12,14-15,17-18,41,44,46H,5-10,13,16,19-40H2,1-4H3/p+1/b12-11-,15-14-,18-17-. The van der Waals surface area contributed by atoms with Crippen molar-refractivity contribution in [1.29, 1.82) is 0 Å². The van der Waals surface area contributed by atoms with E-state index >= 15 is 0 Å². The Morgan fingerprint density at radius 2 is 1.00 bits per heavy atom. The minimum Gasteiger partial charge on any atom is -0.477 e. The van der Waals surface area contributed by atoms with Gasteiger partial charge in [-0.05, 0) is 44.9 Å². The molecule has 0 rings (SSSR count). The highest BCUT2D eigenvalue weighted by Crippen LogP contribution is 2.15. The predicted octanol–water partition coefficient (Wildman–Crippen LogP) is 10.9. The van der Waals surface area contributed by atoms with E-state index in [-0.39, 0.29) is 25.8 Å². The van der Waals surface area contributed by atoms with Gasteiger partial charge in [0.05, 0.1) is 34.4 Å². The number of esters is 1. The third-order valence-electron chi connectivity index (χ3n) is 9.13. The van der Waals surface area contributed by atoms with Crippen LogP contribution in [0.1, 0.15) is 174 Å². The highest BCUT2D eigenvalue weighted by molar-refractivity contribution is 5.70. The molecule has 8 heteroatoms. The number of rotatable bonds is 39. The first kappa shape index (κ1) is 50.0. The second-order valence-electron chi connectivity index (χ2n) is 15.5. The van der Waals surface area contributed by atoms with Gasteiger partial charge in [0.15, 0.2) is 0 Å². The largest absolute Gasteiger partial charge is 0.477 e. The van der Waals surface area contributed by atoms with Crippen molar-refractivity contribution in [3.05, 3.63) is 36.5 Å². The fraction of sp³-hybridized carbons (Fsp3) is 0.818. The summed E-state index contributed by atoms with van der Waals surface area (Å²) in [6.07, 6.45) is 43.4. The quantitative estimate of drug-likeness (QED) is 0.0213. The number of allylic oxidation sites excluding steroid dienone is 6. The second kappa shape index (κ2) is 37.3. The van der Waals surface area contributed by atoms with Gasteiger partial charge in [0.25, 0.3) is 6.29 Å². The van der Waals surface area contributed by atoms with Crippen LogP contribution in [0.25, 0.3) is 0 Å². The van der Waals surface area contributed by atoms with Crippen molar-refractivity contribution >= 4 is 11.9 Å². The summed E-state index contributed by atoms with van der Waals surface area (Å²) in [5, 5.41) is 19.2. The van der Waals surface area contributed by atoms with Crippen molar-refractivity contribution in [1.82, 2.24) is 0 Å². The number of aliphatic hydroxyl groups is 1. The van der Waals surface area contributed by atoms with Crippen molar-refractivity contribution in [2.24, 2.45) is 0 Å². The van der Waals surface area contributed by atoms with Crippen LogP contribution in [0.3, 0.4) is 0 Å². The molecule has 8 nitrogen and oxygen atoms in total. The van der Waals surface area contributed by atoms with Crippen LogP contribution in [0.5, 0.6) is 0 Å². The summed E-state index contributed by atoms with van der Waals surface area (Å²) in [7, 11) is 5.92. The van der Waals surface area contributed by atoms with Crippen LogP contribution >= 0.6 is 0 Å². The summed E-state index contributed by atoms with van der Waals surface area (Å²) in [6, 6.07) is 0. The van der Waals surface area contributed by atoms with Gasteiger partial charge in [-0.25, -0.2) is 4.79 Å². The Morgan fingerprint density at radius 3 is 1.44 bits per heavy atom. The lowest BCUT2D eigenvalue weighted by Gasteiger charge is -2.24. The summed E-state index contributed by atoms with van der Waals surface area (Å²) >= 11 is 0. The van der Waals surface area contributed by atoms with Crippen molar-refractivity contribution in [2.45, 2.75) is 186 Å². The van der Waals surface area contributed by atoms with Crippen molar-refractivity contribution in [2.75, 3.05) is 47.5 Å². The van der Waals surface area contributed by atoms with Crippen molar-refractivity contribution < 1.29 is 38.5 Å². The van der Waals surface area contributed by atoms with E-state index in [4.69, 9.17) is 14.2 Å². The maximum Gasteiger partial charge on any atom is 0.361 e. The van der Waals surface area contributed by atoms with Crippen LogP contribution in [0.4, 0.5) is 0 Å². The average Bonchev–Trinajstić information content (AvgIpc) is 3.10. The molecule has 2 unspecified atom stereocenters. The van der Waals surface area contributed by atoms with Crippen LogP contribution in [-0.4, -0.2) is 86.5 Å². The Bertz CT molecular complexity index is 896. The molecular formula is C44H82NO7+. The second-order valence-corrected chi connectivity index (χ2v) is 15.5. The maximum absolute atomic E-state index is 12.0. The summed E-state index contributed by atoms with van der Waals surface area (Å²) in [6.45, 7) is 2.58. The number of aliphatic carboxylic acids is 1. The smallest absolute Gasteiger partial charge is 0.361 e. The lowest BCUT2D eigenvalue weighted by atomic mass is 10.0. The van der Waals surface area contributed by atoms with E-state index in [1.165, 1.54) is 128 Å². The Hall–Kier alpha value is -2.00. The van der Waals surface area contributed by atoms with Gasteiger partial charge >= 0.3 is 11.9 Å². The number of carboxylic acids is 1. The highest BCUT2D eigenvalue weighted by atomic mass is 16.7. The molecular weight excluding hydrogens is 654 g/mol. The van der Waals surface area contributed by atoms with Crippen LogP contribution in [0.2, 0.25) is 0 Å². The molecule has 0 saturated carbocycles. The molecule has 0 aliphatic carbocycles. The number of carboxylic acid groups (broad SMARTS) is 1. The monoisotopic (exact) mass is 737 g/mol. The van der Waals surface area contributed by atoms with Crippen LogP contribution in [0.15, 0.2) is 36.5 Å². The molecule has 2 atom stereocenters. The zero-order valence-electron chi connectivity index (χ0n) is 34.2. The van der Waals surface area contributed by atoms with Crippen LogP contribution in [-0.2, 0) is 23.8 Å². The number of aliphatic hydroxyl groups excluding tert-OH is 1. The summed E-state index contributed by atoms with van der Waals surface area (Å²) in [5.74, 6) is -1.61. The third-order valence-corrected chi connectivity index (χ3v) is 9.13. The molecule has 0 aliphatic heterocycles. The van der Waals surface area contributed by atoms with Crippen LogP contribution in [0, 0.1) is 0 Å². The number of quaternary nitrogens is 1. The number of unbranched alkanes of at least 4 members (excludes halogenated alkanes) is 21. The van der Waals surface area contributed by atoms with Gasteiger partial charge in [0.2, 0.25) is 0 Å². The highest BCUT2D eigenvalue weighted by Gasteiger charge is 2.22. The Morgan fingerprint density at radius 1 is 0.577 bits per heavy atom. The van der Waals surface area contributed by atoms with Crippen molar-refractivity contribution in [3.63, 3.8) is 0 Å². The number of hydrogen-bond donors (Lipinski definition) is 2. The minimum absolute atomic E-state index is 0.210. The topological polar surface area (TPSA) is 102 Å². The molecule has 0 aromatic carbocycles. The summed E-state index contributed by atoms with van der Waals surface area (Å²) in [4.78, 5) is 23.3. The van der Waals surface area contributed by atoms with E-state index in [0.717, 1.165) is 32.1 Å². The Kier molecular flexibility index (Phi) is 35.9. The lowest BCUT2D eigenvalue weighted by Crippen LogP contribution is -2.40. The van der Waals surface area contributed by atoms with E-state index in [1.807, 2.05) is 21.1 Å². The molecule has 304 valence electrons. The summed E-state index contributed by atoms with van der Waals surface area (Å²) in [5.41, 5.74) is 0. The third kappa shape index (κ3) is 39.2. The van der Waals surface area contributed by atoms with E-state index < -0.39 is 18.4 Å². The number of carbonyl (C=O) groups is 2. The maximum atomic E-state index is 12.0. The molecule has 0 aromatic rings. The van der Waals surface area contributed by atoms with Gasteiger partial charge in [-0.3, -0.25) is 4.79 Å². The minimum atomic E-state index is -1.46. The molecule has 0 aromatic heterocycles. The van der Waals surface area contributed by atoms with Crippen molar-refractivity contribution in [3.8, 4) is 0 Å². The molecule has 0 heterocycles. The molecule has 0 bridgehead atoms. The van der Waals surface area contributed by atoms with Gasteiger partial charge in [-0.2, -0.15) is 0 Å². The molecule has 0 radical (unpaired) electrons. The van der Waals surface area contributed by atoms with E-state index in [0.29, 0.717) is 17.4 Å². The normalized spacial score (nSPS) is 13.5. The van der Waals surface area contributed by atoms with Gasteiger partial charge in [-0.15, -0.1) is 0 Å². The first-order valence-corrected chi connectivity index (χ1v) is 21.2. The number of carbonyl (C=O) groups excluding carboxylic acids is 1. The lowest BCUT2D eigenvalue weighted by molar-refractivity contribution is -0.870. The number of nitrogens with zero attached hydrogens (tertiary/aromatic N) is 1. The predicted molar refractivity (Wildman–Crippen MR) is 216 cm³/mol. The molecule has 0 saturated heterocycles. The van der Waals surface area contributed by atoms with E-state index in [9.17, 15) is 19.8 Å².